The number of carbonyl (C=O) groups excluding carboxylic acids is 2. The van der Waals surface area contributed by atoms with Crippen LogP contribution in [0.15, 0.2) is 133 Å². The number of carboxylic acids is 2. The second-order valence-electron chi connectivity index (χ2n) is 20.6. The molecule has 29 heteroatoms. The Morgan fingerprint density at radius 3 is 1.26 bits per heavy atom. The van der Waals surface area contributed by atoms with Crippen molar-refractivity contribution in [2.24, 2.45) is 0 Å². The summed E-state index contributed by atoms with van der Waals surface area (Å²) in [6, 6.07) is 41.7. The number of methoxy groups -OCH3 is 2. The van der Waals surface area contributed by atoms with Crippen LogP contribution in [0.5, 0.6) is 11.5 Å². The van der Waals surface area contributed by atoms with Crippen molar-refractivity contribution in [1.29, 1.82) is 0 Å². The molecule has 7 aromatic carbocycles. The number of aryl methyl sites for hydroxylation is 9. The maximum absolute atomic E-state index is 12.0. The first kappa shape index (κ1) is 82.7. The number of benzene rings is 7. The summed E-state index contributed by atoms with van der Waals surface area (Å²) < 4.78 is 33.7. The monoisotopic (exact) mass is 1490 g/mol. The molecule has 0 spiro atoms. The number of nitrogens with one attached hydrogen (secondary N) is 2. The molecular weight excluding hydrogens is 1420 g/mol. The molecule has 0 aliphatic carbocycles. The third kappa shape index (κ3) is 23.9. The Morgan fingerprint density at radius 1 is 0.521 bits per heavy atom. The van der Waals surface area contributed by atoms with Gasteiger partial charge in [0.15, 0.2) is 0 Å². The van der Waals surface area contributed by atoms with E-state index in [-0.39, 0.29) is 47.3 Å². The molecule has 0 aliphatic rings. The van der Waals surface area contributed by atoms with E-state index in [4.69, 9.17) is 58.3 Å². The number of aromatic nitrogens is 8. The third-order valence-electron chi connectivity index (χ3n) is 13.7. The molecule has 4 heterocycles. The molecule has 506 valence electrons. The molecule has 0 bridgehead atoms. The van der Waals surface area contributed by atoms with Gasteiger partial charge in [0.2, 0.25) is 32.5 Å². The second kappa shape index (κ2) is 40.9. The number of hydrogen-bond donors (Lipinski definition) is 4. The molecule has 4 aromatic heterocycles. The molecule has 0 aliphatic heterocycles. The van der Waals surface area contributed by atoms with E-state index >= 15 is 0 Å². The van der Waals surface area contributed by atoms with Crippen LogP contribution in [-0.2, 0) is 38.2 Å². The van der Waals surface area contributed by atoms with Crippen LogP contribution in [0.4, 0.5) is 0 Å². The maximum atomic E-state index is 12.0. The molecular formula is C67H71BrCl5LiN8O13S. The smallest absolute Gasteiger partial charge is 0.870 e. The van der Waals surface area contributed by atoms with Crippen molar-refractivity contribution in [2.45, 2.75) is 80.3 Å². The fourth-order valence-electron chi connectivity index (χ4n) is 9.47. The minimum atomic E-state index is -1.67. The van der Waals surface area contributed by atoms with Gasteiger partial charge in [-0.3, -0.25) is 0 Å². The Bertz CT molecular complexity index is 4280. The zero-order valence-electron chi connectivity index (χ0n) is 53.9. The molecule has 0 saturated heterocycles. The van der Waals surface area contributed by atoms with E-state index in [2.05, 4.69) is 97.9 Å². The Kier molecular flexibility index (Phi) is 35.3. The standard InChI is InChI=1S/C20H21ClN2O3.C19H19ClN2O3.C11H14BrCl.C9H8N2O2.C8H6N2O2.Cl2OS.Li.2H2O/c1-13-11-15(12-14(2)18(13)21)26-10-6-9-23-17-8-5-4-7-16(17)22-19(23)20(24)25-3;1-12-10-14(11-13(2)17(12)20)25-9-5-8-22-16-7-4-3-6-15(16)21-18(22)19(23)24;1-8-6-10(4-3-5-12)7-9(2)11(8)13;1-13-9(12)8-10-6-4-2-3-5-7(6)11-8;11-8(12)7-9-5-3-1-2-4-6(5)10-7;1-4(2)3;;;/h4-5,7-8,11-12H,6,9-10H2,1-3H3;3-4,6-7,10-11H,5,8-9H2,1-2H3,(H,23,24);6-7H,3-5H2,1-2H3;2-5H,1H3,(H,10,11);1-4H,(H,9,10)(H,11,12);;;2*1H2/q;;;;;;+1;;/p-1. The first-order chi connectivity index (χ1) is 44.4. The Hall–Kier alpha value is -7.50. The number of fused-ring (bicyclic) bond motifs is 4. The number of alkyl halides is 1. The maximum Gasteiger partial charge on any atom is 1.00 e. The molecule has 7 N–H and O–H groups in total. The summed E-state index contributed by atoms with van der Waals surface area (Å²) in [4.78, 5) is 67.0. The van der Waals surface area contributed by atoms with Gasteiger partial charge >= 0.3 is 42.7 Å². The van der Waals surface area contributed by atoms with E-state index in [9.17, 15) is 24.3 Å². The van der Waals surface area contributed by atoms with Gasteiger partial charge in [-0.2, -0.15) is 0 Å². The first-order valence-electron chi connectivity index (χ1n) is 28.7. The van der Waals surface area contributed by atoms with Crippen LogP contribution in [0.3, 0.4) is 0 Å². The SMILES string of the molecule is COC(=O)c1nc2ccccc2[nH]1.COC(=O)c1nc2ccccc2n1CCCOc1cc(C)c(Cl)c(C)c1.Cc1cc(CCCBr)cc(C)c1Cl.Cc1cc(OCCCn2c(C(=O)O)nc3ccccc32)cc(C)c1Cl.O.O=C(O)c1nc2ccccc2[nH]1.O=S(Cl)Cl.[Li+].[OH-]. The first-order valence-corrected chi connectivity index (χ1v) is 33.8. The van der Waals surface area contributed by atoms with E-state index in [0.29, 0.717) is 49.6 Å². The summed E-state index contributed by atoms with van der Waals surface area (Å²) >= 11 is 21.9. The van der Waals surface area contributed by atoms with Crippen molar-refractivity contribution in [1.82, 2.24) is 39.0 Å². The summed E-state index contributed by atoms with van der Waals surface area (Å²) in [5, 5.41) is 21.4. The van der Waals surface area contributed by atoms with Gasteiger partial charge in [0.05, 0.1) is 71.6 Å². The van der Waals surface area contributed by atoms with E-state index < -0.39 is 33.1 Å². The van der Waals surface area contributed by atoms with Gasteiger partial charge in [-0.1, -0.05) is 111 Å². The fraction of sp³-hybridized carbons (Fsp3) is 0.254. The van der Waals surface area contributed by atoms with Gasteiger partial charge in [-0.25, -0.2) is 43.3 Å². The van der Waals surface area contributed by atoms with Crippen LogP contribution >= 0.6 is 72.1 Å². The summed E-state index contributed by atoms with van der Waals surface area (Å²) in [5.41, 5.74) is 13.9. The van der Waals surface area contributed by atoms with E-state index in [0.717, 1.165) is 100 Å². The molecule has 0 saturated carbocycles. The topological polar surface area (TPSA) is 317 Å². The average Bonchev–Trinajstić information content (AvgIpc) is 1.63. The quantitative estimate of drug-likeness (QED) is 0.0216. The minimum Gasteiger partial charge on any atom is -0.870 e. The normalized spacial score (nSPS) is 10.3. The summed E-state index contributed by atoms with van der Waals surface area (Å²) in [5.74, 6) is -0.790. The number of halogens is 6. The average molecular weight is 1490 g/mol. The van der Waals surface area contributed by atoms with E-state index in [1.54, 1.807) is 16.7 Å². The molecule has 11 aromatic rings. The Labute approximate surface area is 601 Å². The largest absolute Gasteiger partial charge is 1.00 e. The van der Waals surface area contributed by atoms with Crippen molar-refractivity contribution in [3.63, 3.8) is 0 Å². The minimum absolute atomic E-state index is 0. The molecule has 0 amide bonds. The number of H-pyrrole nitrogens is 2. The number of ether oxygens (including phenoxy) is 4. The van der Waals surface area contributed by atoms with Crippen LogP contribution in [0.2, 0.25) is 15.1 Å². The summed E-state index contributed by atoms with van der Waals surface area (Å²) in [6.07, 6.45) is 3.71. The summed E-state index contributed by atoms with van der Waals surface area (Å²) in [6.45, 7) is 14.1. The number of nitrogens with zero attached hydrogens (tertiary/aromatic N) is 6. The number of hydrogen-bond acceptors (Lipinski definition) is 14. The van der Waals surface area contributed by atoms with E-state index in [1.165, 1.54) is 37.3 Å². The van der Waals surface area contributed by atoms with Gasteiger partial charge in [-0.15, -0.1) is 0 Å². The molecule has 21 nitrogen and oxygen atoms in total. The third-order valence-corrected chi connectivity index (χ3v) is 16.1. The zero-order valence-corrected chi connectivity index (χ0v) is 60.1. The van der Waals surface area contributed by atoms with Gasteiger partial charge in [0.25, 0.3) is 0 Å². The van der Waals surface area contributed by atoms with Crippen LogP contribution in [0, 0.1) is 41.5 Å². The number of carbonyl (C=O) groups is 4. The zero-order chi connectivity index (χ0) is 67.9. The van der Waals surface area contributed by atoms with Gasteiger partial charge in [0.1, 0.15) is 11.5 Å². The van der Waals surface area contributed by atoms with Crippen molar-refractivity contribution < 1.29 is 82.4 Å². The molecule has 11 rings (SSSR count). The van der Waals surface area contributed by atoms with Crippen LogP contribution in [-0.4, -0.2) is 121 Å². The molecule has 0 radical (unpaired) electrons. The van der Waals surface area contributed by atoms with E-state index in [1.807, 2.05) is 141 Å². The number of aromatic amines is 2. The number of rotatable bonds is 17. The predicted molar refractivity (Wildman–Crippen MR) is 379 cm³/mol. The van der Waals surface area contributed by atoms with Crippen LogP contribution < -0.4 is 28.3 Å². The van der Waals surface area contributed by atoms with Crippen molar-refractivity contribution >= 4 is 149 Å². The number of imidazole rings is 4. The van der Waals surface area contributed by atoms with Crippen molar-refractivity contribution in [3.05, 3.63) is 211 Å². The second-order valence-corrected chi connectivity index (χ2v) is 25.1. The van der Waals surface area contributed by atoms with Gasteiger partial charge < -0.3 is 59.2 Å². The van der Waals surface area contributed by atoms with Crippen LogP contribution in [0.1, 0.15) is 101 Å². The Morgan fingerprint density at radius 2 is 0.875 bits per heavy atom. The summed E-state index contributed by atoms with van der Waals surface area (Å²) in [7, 11) is 10.0. The number of esters is 2. The number of carboxylic acid groups (broad SMARTS) is 2. The molecule has 0 atom stereocenters. The molecule has 0 fully saturated rings. The number of para-hydroxylation sites is 8. The number of aromatic carboxylic acids is 2. The molecule has 0 unspecified atom stereocenters. The Balaban J connectivity index is 0.000000317. The van der Waals surface area contributed by atoms with Crippen molar-refractivity contribution in [2.75, 3.05) is 32.8 Å². The van der Waals surface area contributed by atoms with Crippen molar-refractivity contribution in [3.8, 4) is 11.5 Å². The van der Waals surface area contributed by atoms with Crippen LogP contribution in [0.25, 0.3) is 44.1 Å². The fourth-order valence-corrected chi connectivity index (χ4v) is 10.1. The van der Waals surface area contributed by atoms with Gasteiger partial charge in [-0.05, 0) is 179 Å². The van der Waals surface area contributed by atoms with Gasteiger partial charge in [0, 0.05) is 54.9 Å². The predicted octanol–water partition coefficient (Wildman–Crippen LogP) is 13.0. The molecule has 96 heavy (non-hydrogen) atoms.